The topological polar surface area (TPSA) is 83.8 Å². The van der Waals surface area contributed by atoms with Gasteiger partial charge in [0.05, 0.1) is 5.41 Å². The van der Waals surface area contributed by atoms with Crippen molar-refractivity contribution in [3.05, 3.63) is 41.6 Å². The number of anilines is 2. The number of hydrogen-bond donors (Lipinski definition) is 3. The van der Waals surface area contributed by atoms with Crippen LogP contribution in [0.2, 0.25) is 0 Å². The van der Waals surface area contributed by atoms with Crippen LogP contribution in [0.4, 0.5) is 11.5 Å². The van der Waals surface area contributed by atoms with E-state index in [2.05, 4.69) is 15.5 Å². The van der Waals surface area contributed by atoms with E-state index in [1.54, 1.807) is 12.1 Å². The minimum atomic E-state index is -0.654. The predicted molar refractivity (Wildman–Crippen MR) is 80.5 cm³/mol. The van der Waals surface area contributed by atoms with Crippen LogP contribution in [0.15, 0.2) is 30.3 Å². The molecule has 4 N–H and O–H groups in total. The molecule has 0 saturated carbocycles. The van der Waals surface area contributed by atoms with Gasteiger partial charge in [-0.3, -0.25) is 9.89 Å². The number of H-pyrrole nitrogens is 1. The maximum atomic E-state index is 12.4. The number of benzene rings is 1. The van der Waals surface area contributed by atoms with E-state index in [0.29, 0.717) is 11.5 Å². The number of nitrogen functional groups attached to an aromatic ring is 1. The molecule has 5 heteroatoms. The van der Waals surface area contributed by atoms with E-state index in [1.165, 1.54) is 0 Å². The molecule has 0 bridgehead atoms. The highest BCUT2D eigenvalue weighted by Crippen LogP contribution is 2.25. The molecular weight excluding hydrogens is 252 g/mol. The standard InChI is InChI=1S/C15H20N4O/c1-4-12-9-13(19-18-12)17-14(20)15(2,3)10-5-7-11(16)8-6-10/h5-9H,4,16H2,1-3H3,(H2,17,18,19,20). The SMILES string of the molecule is CCc1cc(NC(=O)C(C)(C)c2ccc(N)cc2)n[nH]1. The lowest BCUT2D eigenvalue weighted by molar-refractivity contribution is -0.120. The first-order chi connectivity index (χ1) is 9.43. The van der Waals surface area contributed by atoms with Gasteiger partial charge in [0, 0.05) is 17.4 Å². The number of carbonyl (C=O) groups excluding carboxylic acids is 1. The quantitative estimate of drug-likeness (QED) is 0.747. The number of aromatic amines is 1. The Bertz CT molecular complexity index is 599. The molecule has 0 fully saturated rings. The van der Waals surface area contributed by atoms with E-state index in [4.69, 9.17) is 5.73 Å². The molecule has 0 unspecified atom stereocenters. The number of hydrogen-bond acceptors (Lipinski definition) is 3. The molecule has 0 atom stereocenters. The Labute approximate surface area is 118 Å². The fraction of sp³-hybridized carbons (Fsp3) is 0.333. The zero-order valence-corrected chi connectivity index (χ0v) is 12.0. The van der Waals surface area contributed by atoms with Crippen LogP contribution in [0.1, 0.15) is 32.0 Å². The normalized spacial score (nSPS) is 11.3. The second-order valence-corrected chi connectivity index (χ2v) is 5.33. The molecule has 5 nitrogen and oxygen atoms in total. The number of amides is 1. The molecule has 1 aromatic heterocycles. The molecule has 0 aliphatic rings. The summed E-state index contributed by atoms with van der Waals surface area (Å²) in [6.45, 7) is 5.78. The van der Waals surface area contributed by atoms with Crippen LogP contribution in [0.25, 0.3) is 0 Å². The summed E-state index contributed by atoms with van der Waals surface area (Å²) in [7, 11) is 0. The Kier molecular flexibility index (Phi) is 3.79. The maximum Gasteiger partial charge on any atom is 0.235 e. The number of aromatic nitrogens is 2. The van der Waals surface area contributed by atoms with Crippen molar-refractivity contribution in [3.63, 3.8) is 0 Å². The number of rotatable bonds is 4. The molecule has 0 aliphatic heterocycles. The summed E-state index contributed by atoms with van der Waals surface area (Å²) >= 11 is 0. The molecular formula is C15H20N4O. The van der Waals surface area contributed by atoms with Gasteiger partial charge in [-0.25, -0.2) is 0 Å². The first-order valence-corrected chi connectivity index (χ1v) is 6.65. The molecule has 1 heterocycles. The zero-order chi connectivity index (χ0) is 14.8. The summed E-state index contributed by atoms with van der Waals surface area (Å²) < 4.78 is 0. The van der Waals surface area contributed by atoms with Gasteiger partial charge in [-0.05, 0) is 38.0 Å². The average Bonchev–Trinajstić information content (AvgIpc) is 2.87. The summed E-state index contributed by atoms with van der Waals surface area (Å²) in [5.41, 5.74) is 7.61. The molecule has 1 aromatic carbocycles. The van der Waals surface area contributed by atoms with Crippen molar-refractivity contribution in [1.29, 1.82) is 0 Å². The first kappa shape index (κ1) is 14.1. The molecule has 2 rings (SSSR count). The molecule has 20 heavy (non-hydrogen) atoms. The number of nitrogens with one attached hydrogen (secondary N) is 2. The Morgan fingerprint density at radius 2 is 2.00 bits per heavy atom. The van der Waals surface area contributed by atoms with Gasteiger partial charge < -0.3 is 11.1 Å². The van der Waals surface area contributed by atoms with E-state index < -0.39 is 5.41 Å². The highest BCUT2D eigenvalue weighted by Gasteiger charge is 2.30. The van der Waals surface area contributed by atoms with Crippen LogP contribution in [0, 0.1) is 0 Å². The van der Waals surface area contributed by atoms with Crippen LogP contribution in [0.5, 0.6) is 0 Å². The van der Waals surface area contributed by atoms with Crippen molar-refractivity contribution >= 4 is 17.4 Å². The molecule has 0 radical (unpaired) electrons. The Morgan fingerprint density at radius 3 is 2.55 bits per heavy atom. The highest BCUT2D eigenvalue weighted by atomic mass is 16.2. The van der Waals surface area contributed by atoms with Gasteiger partial charge in [-0.2, -0.15) is 5.10 Å². The van der Waals surface area contributed by atoms with Crippen molar-refractivity contribution in [1.82, 2.24) is 10.2 Å². The van der Waals surface area contributed by atoms with Crippen LogP contribution in [0.3, 0.4) is 0 Å². The van der Waals surface area contributed by atoms with Crippen LogP contribution >= 0.6 is 0 Å². The molecule has 0 saturated heterocycles. The van der Waals surface area contributed by atoms with Crippen molar-refractivity contribution in [2.75, 3.05) is 11.1 Å². The van der Waals surface area contributed by atoms with Gasteiger partial charge in [0.25, 0.3) is 0 Å². The van der Waals surface area contributed by atoms with E-state index in [9.17, 15) is 4.79 Å². The van der Waals surface area contributed by atoms with Crippen molar-refractivity contribution in [2.24, 2.45) is 0 Å². The minimum absolute atomic E-state index is 0.101. The second kappa shape index (κ2) is 5.36. The Morgan fingerprint density at radius 1 is 1.35 bits per heavy atom. The minimum Gasteiger partial charge on any atom is -0.399 e. The summed E-state index contributed by atoms with van der Waals surface area (Å²) in [5, 5.41) is 9.79. The number of nitrogens with two attached hydrogens (primary N) is 1. The zero-order valence-electron chi connectivity index (χ0n) is 12.0. The second-order valence-electron chi connectivity index (χ2n) is 5.33. The molecule has 1 amide bonds. The Hall–Kier alpha value is -2.30. The molecule has 106 valence electrons. The predicted octanol–water partition coefficient (Wildman–Crippen LogP) is 2.47. The molecule has 2 aromatic rings. The third-order valence-electron chi connectivity index (χ3n) is 3.45. The fourth-order valence-electron chi connectivity index (χ4n) is 1.91. The summed E-state index contributed by atoms with van der Waals surface area (Å²) in [6, 6.07) is 9.19. The monoisotopic (exact) mass is 272 g/mol. The largest absolute Gasteiger partial charge is 0.399 e. The lowest BCUT2D eigenvalue weighted by atomic mass is 9.83. The van der Waals surface area contributed by atoms with Crippen LogP contribution < -0.4 is 11.1 Å². The number of nitrogens with zero attached hydrogens (tertiary/aromatic N) is 1. The first-order valence-electron chi connectivity index (χ1n) is 6.65. The number of carbonyl (C=O) groups is 1. The molecule has 0 aliphatic carbocycles. The third-order valence-corrected chi connectivity index (χ3v) is 3.45. The van der Waals surface area contributed by atoms with Gasteiger partial charge in [-0.1, -0.05) is 19.1 Å². The van der Waals surface area contributed by atoms with Crippen LogP contribution in [-0.4, -0.2) is 16.1 Å². The van der Waals surface area contributed by atoms with Gasteiger partial charge in [0.2, 0.25) is 5.91 Å². The third kappa shape index (κ3) is 2.82. The fourth-order valence-corrected chi connectivity index (χ4v) is 1.91. The van der Waals surface area contributed by atoms with E-state index in [1.807, 2.05) is 39.0 Å². The van der Waals surface area contributed by atoms with Gasteiger partial charge in [0.1, 0.15) is 0 Å². The number of aryl methyl sites for hydroxylation is 1. The summed E-state index contributed by atoms with van der Waals surface area (Å²) in [4.78, 5) is 12.4. The van der Waals surface area contributed by atoms with Crippen molar-refractivity contribution < 1.29 is 4.79 Å². The smallest absolute Gasteiger partial charge is 0.235 e. The van der Waals surface area contributed by atoms with E-state index in [-0.39, 0.29) is 5.91 Å². The lowest BCUT2D eigenvalue weighted by Crippen LogP contribution is -2.34. The Balaban J connectivity index is 2.16. The van der Waals surface area contributed by atoms with Crippen molar-refractivity contribution in [2.45, 2.75) is 32.6 Å². The highest BCUT2D eigenvalue weighted by molar-refractivity contribution is 5.98. The molecule has 0 spiro atoms. The lowest BCUT2D eigenvalue weighted by Gasteiger charge is -2.23. The summed E-state index contributed by atoms with van der Waals surface area (Å²) in [6.07, 6.45) is 0.851. The van der Waals surface area contributed by atoms with E-state index in [0.717, 1.165) is 17.7 Å². The van der Waals surface area contributed by atoms with Gasteiger partial charge >= 0.3 is 0 Å². The average molecular weight is 272 g/mol. The van der Waals surface area contributed by atoms with E-state index >= 15 is 0 Å². The van der Waals surface area contributed by atoms with Crippen molar-refractivity contribution in [3.8, 4) is 0 Å². The van der Waals surface area contributed by atoms with Gasteiger partial charge in [-0.15, -0.1) is 0 Å². The van der Waals surface area contributed by atoms with Gasteiger partial charge in [0.15, 0.2) is 5.82 Å². The van der Waals surface area contributed by atoms with Crippen LogP contribution in [-0.2, 0) is 16.6 Å². The summed E-state index contributed by atoms with van der Waals surface area (Å²) in [5.74, 6) is 0.451. The maximum absolute atomic E-state index is 12.4.